The van der Waals surface area contributed by atoms with Gasteiger partial charge in [0.05, 0.1) is 0 Å². The van der Waals surface area contributed by atoms with Gasteiger partial charge in [0.2, 0.25) is 0 Å². The summed E-state index contributed by atoms with van der Waals surface area (Å²) in [5.41, 5.74) is -5.33. The van der Waals surface area contributed by atoms with Gasteiger partial charge >= 0.3 is 18.4 Å². The van der Waals surface area contributed by atoms with Crippen molar-refractivity contribution in [3.63, 3.8) is 0 Å². The van der Waals surface area contributed by atoms with Crippen molar-refractivity contribution in [2.75, 3.05) is 0 Å². The molecule has 10 heteroatoms. The monoisotopic (exact) mass is 452 g/mol. The van der Waals surface area contributed by atoms with Crippen molar-refractivity contribution in [3.05, 3.63) is 24.1 Å². The third-order valence-electron chi connectivity index (χ3n) is 6.71. The summed E-state index contributed by atoms with van der Waals surface area (Å²) in [6.07, 6.45) is -12.6. The largest absolute Gasteiger partial charge is 0.426 e. The van der Waals surface area contributed by atoms with E-state index in [4.69, 9.17) is 0 Å². The van der Waals surface area contributed by atoms with Gasteiger partial charge in [-0.15, -0.1) is 0 Å². The molecule has 0 spiro atoms. The predicted octanol–water partition coefficient (Wildman–Crippen LogP) is 7.48. The lowest BCUT2D eigenvalue weighted by Crippen LogP contribution is -2.61. The molecule has 0 aliphatic heterocycles. The fraction of sp³-hybridized carbons (Fsp3) is 0.800. The van der Waals surface area contributed by atoms with Gasteiger partial charge in [-0.05, 0) is 43.4 Å². The van der Waals surface area contributed by atoms with Gasteiger partial charge in [0.25, 0.3) is 5.60 Å². The first-order chi connectivity index (χ1) is 13.7. The number of rotatable bonds is 6. The topological polar surface area (TPSA) is 20.2 Å². The van der Waals surface area contributed by atoms with E-state index in [1.807, 2.05) is 0 Å². The highest BCUT2D eigenvalue weighted by atomic mass is 19.4. The quantitative estimate of drug-likeness (QED) is 0.327. The molecule has 4 unspecified atom stereocenters. The number of alkyl halides is 6. The third-order valence-corrected chi connectivity index (χ3v) is 6.71. The highest BCUT2D eigenvalue weighted by Crippen LogP contribution is 2.53. The molecule has 0 bridgehead atoms. The van der Waals surface area contributed by atoms with Crippen LogP contribution in [0.3, 0.4) is 0 Å². The van der Waals surface area contributed by atoms with E-state index in [0.717, 1.165) is 32.1 Å². The van der Waals surface area contributed by atoms with E-state index in [2.05, 4.69) is 6.58 Å². The van der Waals surface area contributed by atoms with Crippen molar-refractivity contribution in [1.82, 2.24) is 0 Å². The van der Waals surface area contributed by atoms with Crippen LogP contribution in [0, 0.1) is 23.7 Å². The molecule has 4 atom stereocenters. The van der Waals surface area contributed by atoms with Crippen LogP contribution in [0.1, 0.15) is 57.8 Å². The van der Waals surface area contributed by atoms with Gasteiger partial charge in [-0.2, -0.15) is 35.1 Å². The van der Waals surface area contributed by atoms with E-state index in [1.54, 1.807) is 0 Å². The van der Waals surface area contributed by atoms with Crippen LogP contribution >= 0.6 is 0 Å². The van der Waals surface area contributed by atoms with Gasteiger partial charge < -0.3 is 5.11 Å². The van der Waals surface area contributed by atoms with Crippen LogP contribution in [-0.4, -0.2) is 23.1 Å². The number of aliphatic hydroxyl groups is 1. The average molecular weight is 452 g/mol. The minimum Gasteiger partial charge on any atom is -0.373 e. The molecule has 0 radical (unpaired) electrons. The lowest BCUT2D eigenvalue weighted by atomic mass is 9.65. The molecule has 0 amide bonds. The average Bonchev–Trinajstić information content (AvgIpc) is 2.64. The summed E-state index contributed by atoms with van der Waals surface area (Å²) in [6.45, 7) is 3.61. The van der Waals surface area contributed by atoms with Crippen LogP contribution < -0.4 is 0 Å². The minimum absolute atomic E-state index is 0.00279. The molecular formula is C20H25F9O. The zero-order valence-corrected chi connectivity index (χ0v) is 16.2. The number of hydrogen-bond acceptors (Lipinski definition) is 1. The summed E-state index contributed by atoms with van der Waals surface area (Å²) < 4.78 is 118. The van der Waals surface area contributed by atoms with E-state index in [0.29, 0.717) is 18.8 Å². The molecule has 0 heterocycles. The van der Waals surface area contributed by atoms with E-state index in [9.17, 15) is 44.6 Å². The van der Waals surface area contributed by atoms with Crippen molar-refractivity contribution in [1.29, 1.82) is 0 Å². The second-order valence-corrected chi connectivity index (χ2v) is 8.51. The Morgan fingerprint density at radius 1 is 0.833 bits per heavy atom. The standard InChI is InChI=1S/C20H25F9O/c1-11(13-7-6-12-4-2-3-5-14(12)9-13)8-15(10-16(21)17(22)23)18(30,19(24,25)26)20(27,28)29/h12-15,30H,1-10H2. The smallest absolute Gasteiger partial charge is 0.373 e. The summed E-state index contributed by atoms with van der Waals surface area (Å²) in [5, 5.41) is 9.68. The second-order valence-electron chi connectivity index (χ2n) is 8.51. The van der Waals surface area contributed by atoms with Crippen LogP contribution in [-0.2, 0) is 0 Å². The van der Waals surface area contributed by atoms with Gasteiger partial charge in [-0.25, -0.2) is 4.39 Å². The van der Waals surface area contributed by atoms with Crippen molar-refractivity contribution in [2.24, 2.45) is 23.7 Å². The summed E-state index contributed by atoms with van der Waals surface area (Å²) in [6, 6.07) is 0. The lowest BCUT2D eigenvalue weighted by Gasteiger charge is -2.42. The highest BCUT2D eigenvalue weighted by Gasteiger charge is 2.73. The number of halogens is 9. The molecule has 174 valence electrons. The van der Waals surface area contributed by atoms with Gasteiger partial charge in [0, 0.05) is 12.3 Å². The Balaban J connectivity index is 2.29. The fourth-order valence-corrected chi connectivity index (χ4v) is 5.01. The first kappa shape index (κ1) is 25.1. The second kappa shape index (κ2) is 9.12. The zero-order valence-electron chi connectivity index (χ0n) is 16.2. The summed E-state index contributed by atoms with van der Waals surface area (Å²) >= 11 is 0. The van der Waals surface area contributed by atoms with Gasteiger partial charge in [-0.3, -0.25) is 0 Å². The van der Waals surface area contributed by atoms with Gasteiger partial charge in [0.15, 0.2) is 5.83 Å². The van der Waals surface area contributed by atoms with Crippen LogP contribution in [0.15, 0.2) is 24.1 Å². The molecule has 2 rings (SSSR count). The van der Waals surface area contributed by atoms with Crippen molar-refractivity contribution < 1.29 is 44.6 Å². The maximum Gasteiger partial charge on any atom is 0.426 e. The molecule has 1 nitrogen and oxygen atoms in total. The van der Waals surface area contributed by atoms with E-state index < -0.39 is 48.6 Å². The Kier molecular flexibility index (Phi) is 7.62. The summed E-state index contributed by atoms with van der Waals surface area (Å²) in [4.78, 5) is 0. The molecule has 30 heavy (non-hydrogen) atoms. The van der Waals surface area contributed by atoms with E-state index >= 15 is 0 Å². The van der Waals surface area contributed by atoms with Crippen LogP contribution in [0.2, 0.25) is 0 Å². The molecule has 0 aromatic rings. The van der Waals surface area contributed by atoms with Crippen molar-refractivity contribution in [3.8, 4) is 0 Å². The van der Waals surface area contributed by atoms with E-state index in [-0.39, 0.29) is 17.4 Å². The molecular weight excluding hydrogens is 427 g/mol. The summed E-state index contributed by atoms with van der Waals surface area (Å²) in [7, 11) is 0. The van der Waals surface area contributed by atoms with Crippen LogP contribution in [0.4, 0.5) is 39.5 Å². The normalized spacial score (nSPS) is 26.7. The Hall–Kier alpha value is -1.19. The predicted molar refractivity (Wildman–Crippen MR) is 92.1 cm³/mol. The molecule has 2 saturated carbocycles. The van der Waals surface area contributed by atoms with Crippen molar-refractivity contribution in [2.45, 2.75) is 75.7 Å². The zero-order chi connectivity index (χ0) is 22.9. The fourth-order valence-electron chi connectivity index (χ4n) is 5.01. The third kappa shape index (κ3) is 5.16. The molecule has 2 aliphatic carbocycles. The lowest BCUT2D eigenvalue weighted by molar-refractivity contribution is -0.385. The van der Waals surface area contributed by atoms with E-state index in [1.165, 1.54) is 0 Å². The number of allylic oxidation sites excluding steroid dienone is 2. The Morgan fingerprint density at radius 2 is 1.37 bits per heavy atom. The molecule has 2 fully saturated rings. The first-order valence-corrected chi connectivity index (χ1v) is 9.91. The van der Waals surface area contributed by atoms with Crippen molar-refractivity contribution >= 4 is 0 Å². The Labute approximate surface area is 169 Å². The maximum atomic E-state index is 13.5. The minimum atomic E-state index is -6.23. The summed E-state index contributed by atoms with van der Waals surface area (Å²) in [5.74, 6) is -4.95. The molecule has 2 aliphatic rings. The first-order valence-electron chi connectivity index (χ1n) is 9.91. The Morgan fingerprint density at radius 3 is 1.87 bits per heavy atom. The highest BCUT2D eigenvalue weighted by molar-refractivity contribution is 5.12. The molecule has 0 aromatic heterocycles. The molecule has 0 aromatic carbocycles. The van der Waals surface area contributed by atoms with Crippen LogP contribution in [0.25, 0.3) is 0 Å². The number of hydrogen-bond donors (Lipinski definition) is 1. The molecule has 0 saturated heterocycles. The van der Waals surface area contributed by atoms with Crippen LogP contribution in [0.5, 0.6) is 0 Å². The molecule has 1 N–H and O–H groups in total. The van der Waals surface area contributed by atoms with Gasteiger partial charge in [-0.1, -0.05) is 37.8 Å². The maximum absolute atomic E-state index is 13.5. The Bertz CT molecular complexity index is 632. The SMILES string of the molecule is C=C(CC(CC(F)=C(F)F)C(O)(C(F)(F)F)C(F)(F)F)C1CCC2CCCCC2C1. The number of fused-ring (bicyclic) bond motifs is 1. The van der Waals surface area contributed by atoms with Gasteiger partial charge in [0.1, 0.15) is 0 Å².